The van der Waals surface area contributed by atoms with E-state index in [2.05, 4.69) is 92.1 Å². The zero-order chi connectivity index (χ0) is 24.1. The van der Waals surface area contributed by atoms with E-state index in [0.717, 1.165) is 38.3 Å². The molecule has 4 rings (SSSR count). The van der Waals surface area contributed by atoms with Crippen LogP contribution in [0.25, 0.3) is 0 Å². The summed E-state index contributed by atoms with van der Waals surface area (Å²) >= 11 is 0. The Bertz CT molecular complexity index is 1070. The van der Waals surface area contributed by atoms with Gasteiger partial charge >= 0.3 is 0 Å². The van der Waals surface area contributed by atoms with Crippen LogP contribution in [0, 0.1) is 25.7 Å². The van der Waals surface area contributed by atoms with E-state index in [1.165, 1.54) is 22.3 Å². The van der Waals surface area contributed by atoms with Gasteiger partial charge in [0.05, 0.1) is 0 Å². The molecule has 1 aliphatic rings. The molecule has 0 radical (unpaired) electrons. The number of rotatable bonds is 8. The van der Waals surface area contributed by atoms with Crippen molar-refractivity contribution in [1.29, 1.82) is 0 Å². The molecule has 2 atom stereocenters. The van der Waals surface area contributed by atoms with Crippen molar-refractivity contribution in [2.75, 3.05) is 26.2 Å². The second-order valence-corrected chi connectivity index (χ2v) is 10.4. The zero-order valence-electron chi connectivity index (χ0n) is 21.1. The van der Waals surface area contributed by atoms with Gasteiger partial charge in [0.15, 0.2) is 0 Å². The Kier molecular flexibility index (Phi) is 7.84. The number of hydrogen-bond donors (Lipinski definition) is 0. The molecule has 178 valence electrons. The second-order valence-electron chi connectivity index (χ2n) is 10.4. The molecule has 34 heavy (non-hydrogen) atoms. The maximum Gasteiger partial charge on any atom is 0.253 e. The third-order valence-corrected chi connectivity index (χ3v) is 6.86. The van der Waals surface area contributed by atoms with Crippen molar-refractivity contribution in [3.63, 3.8) is 0 Å². The Hall–Kier alpha value is -2.91. The van der Waals surface area contributed by atoms with Crippen molar-refractivity contribution in [2.24, 2.45) is 11.8 Å². The third kappa shape index (κ3) is 6.15. The van der Waals surface area contributed by atoms with Gasteiger partial charge in [-0.3, -0.25) is 9.69 Å². The fraction of sp³-hybridized carbons (Fsp3) is 0.387. The quantitative estimate of drug-likeness (QED) is 0.398. The fourth-order valence-electron chi connectivity index (χ4n) is 5.26. The molecule has 3 aromatic carbocycles. The molecule has 1 heterocycles. The molecule has 0 aliphatic carbocycles. The summed E-state index contributed by atoms with van der Waals surface area (Å²) in [5.41, 5.74) is 6.02. The first-order chi connectivity index (χ1) is 16.4. The van der Waals surface area contributed by atoms with Crippen molar-refractivity contribution in [3.8, 4) is 0 Å². The van der Waals surface area contributed by atoms with Gasteiger partial charge in [-0.2, -0.15) is 0 Å². The maximum absolute atomic E-state index is 13.5. The Morgan fingerprint density at radius 3 is 2.32 bits per heavy atom. The molecule has 0 unspecified atom stereocenters. The van der Waals surface area contributed by atoms with Crippen LogP contribution in [0.15, 0.2) is 78.9 Å². The van der Waals surface area contributed by atoms with Crippen LogP contribution >= 0.6 is 0 Å². The van der Waals surface area contributed by atoms with E-state index < -0.39 is 0 Å². The SMILES string of the molecule is Cc1ccc(C(=O)N(CC(C)C)C[C@@H]2CN(Cc3cccc(C)c3)C[C@H]2c2ccccc2)cc1. The Labute approximate surface area is 205 Å². The highest BCUT2D eigenvalue weighted by atomic mass is 16.2. The lowest BCUT2D eigenvalue weighted by molar-refractivity contribution is 0.0703. The number of likely N-dealkylation sites (tertiary alicyclic amines) is 1. The molecular formula is C31H38N2O. The van der Waals surface area contributed by atoms with Crippen molar-refractivity contribution in [3.05, 3.63) is 107 Å². The minimum Gasteiger partial charge on any atom is -0.338 e. The first-order valence-corrected chi connectivity index (χ1v) is 12.6. The predicted octanol–water partition coefficient (Wildman–Crippen LogP) is 6.32. The van der Waals surface area contributed by atoms with Crippen LogP contribution in [0.3, 0.4) is 0 Å². The van der Waals surface area contributed by atoms with Crippen molar-refractivity contribution in [2.45, 2.75) is 40.2 Å². The molecule has 0 aromatic heterocycles. The number of amides is 1. The largest absolute Gasteiger partial charge is 0.338 e. The summed E-state index contributed by atoms with van der Waals surface area (Å²) in [7, 11) is 0. The van der Waals surface area contributed by atoms with Gasteiger partial charge in [0.25, 0.3) is 5.91 Å². The number of carbonyl (C=O) groups excluding carboxylic acids is 1. The van der Waals surface area contributed by atoms with E-state index in [1.54, 1.807) is 0 Å². The standard InChI is InChI=1S/C31H38N2O/c1-23(2)18-33(31(34)28-15-13-24(3)14-16-28)21-29-20-32(19-26-10-8-9-25(4)17-26)22-30(29)27-11-6-5-7-12-27/h5-17,23,29-30H,18-22H2,1-4H3/t29-,30-/m0/s1. The molecule has 0 bridgehead atoms. The number of aryl methyl sites for hydroxylation is 2. The van der Waals surface area contributed by atoms with E-state index >= 15 is 0 Å². The van der Waals surface area contributed by atoms with Gasteiger partial charge in [-0.15, -0.1) is 0 Å². The smallest absolute Gasteiger partial charge is 0.253 e. The van der Waals surface area contributed by atoms with Crippen LogP contribution in [-0.2, 0) is 6.54 Å². The van der Waals surface area contributed by atoms with Crippen molar-refractivity contribution >= 4 is 5.91 Å². The average Bonchev–Trinajstić information content (AvgIpc) is 3.21. The van der Waals surface area contributed by atoms with Gasteiger partial charge in [-0.05, 0) is 48.9 Å². The van der Waals surface area contributed by atoms with E-state index in [9.17, 15) is 4.79 Å². The first-order valence-electron chi connectivity index (χ1n) is 12.6. The maximum atomic E-state index is 13.5. The molecule has 1 saturated heterocycles. The molecule has 0 N–H and O–H groups in total. The Morgan fingerprint density at radius 2 is 1.65 bits per heavy atom. The lowest BCUT2D eigenvalue weighted by atomic mass is 9.88. The molecule has 1 fully saturated rings. The number of hydrogen-bond acceptors (Lipinski definition) is 2. The van der Waals surface area contributed by atoms with E-state index in [4.69, 9.17) is 0 Å². The molecule has 3 nitrogen and oxygen atoms in total. The topological polar surface area (TPSA) is 23.6 Å². The minimum absolute atomic E-state index is 0.151. The minimum atomic E-state index is 0.151. The number of carbonyl (C=O) groups is 1. The highest BCUT2D eigenvalue weighted by Crippen LogP contribution is 2.34. The lowest BCUT2D eigenvalue weighted by Crippen LogP contribution is -2.39. The summed E-state index contributed by atoms with van der Waals surface area (Å²) in [6, 6.07) is 27.7. The molecule has 1 aliphatic heterocycles. The van der Waals surface area contributed by atoms with Gasteiger partial charge in [0.1, 0.15) is 0 Å². The highest BCUT2D eigenvalue weighted by Gasteiger charge is 2.36. The summed E-state index contributed by atoms with van der Waals surface area (Å²) in [4.78, 5) is 18.2. The van der Waals surface area contributed by atoms with Gasteiger partial charge in [-0.25, -0.2) is 0 Å². The number of nitrogens with zero attached hydrogens (tertiary/aromatic N) is 2. The summed E-state index contributed by atoms with van der Waals surface area (Å²) in [5.74, 6) is 1.40. The third-order valence-electron chi connectivity index (χ3n) is 6.86. The summed E-state index contributed by atoms with van der Waals surface area (Å²) in [6.07, 6.45) is 0. The summed E-state index contributed by atoms with van der Waals surface area (Å²) in [6.45, 7) is 13.2. The lowest BCUT2D eigenvalue weighted by Gasteiger charge is -2.30. The van der Waals surface area contributed by atoms with Crippen LogP contribution in [0.4, 0.5) is 0 Å². The van der Waals surface area contributed by atoms with Crippen molar-refractivity contribution < 1.29 is 4.79 Å². The molecule has 3 aromatic rings. The first kappa shape index (κ1) is 24.2. The van der Waals surface area contributed by atoms with E-state index in [1.807, 2.05) is 24.3 Å². The normalized spacial score (nSPS) is 18.4. The van der Waals surface area contributed by atoms with Crippen LogP contribution in [0.5, 0.6) is 0 Å². The molecule has 0 saturated carbocycles. The monoisotopic (exact) mass is 454 g/mol. The van der Waals surface area contributed by atoms with Gasteiger partial charge in [-0.1, -0.05) is 91.7 Å². The second kappa shape index (κ2) is 11.0. The number of benzene rings is 3. The van der Waals surface area contributed by atoms with E-state index in [0.29, 0.717) is 17.8 Å². The Balaban J connectivity index is 1.56. The van der Waals surface area contributed by atoms with Gasteiger partial charge in [0.2, 0.25) is 0 Å². The zero-order valence-corrected chi connectivity index (χ0v) is 21.1. The van der Waals surface area contributed by atoms with Crippen LogP contribution in [-0.4, -0.2) is 41.9 Å². The van der Waals surface area contributed by atoms with Crippen LogP contribution in [0.1, 0.15) is 52.4 Å². The van der Waals surface area contributed by atoms with Crippen molar-refractivity contribution in [1.82, 2.24) is 9.80 Å². The summed E-state index contributed by atoms with van der Waals surface area (Å²) in [5, 5.41) is 0. The van der Waals surface area contributed by atoms with Gasteiger partial charge in [0, 0.05) is 44.2 Å². The predicted molar refractivity (Wildman–Crippen MR) is 141 cm³/mol. The average molecular weight is 455 g/mol. The molecular weight excluding hydrogens is 416 g/mol. The van der Waals surface area contributed by atoms with Crippen LogP contribution in [0.2, 0.25) is 0 Å². The van der Waals surface area contributed by atoms with Gasteiger partial charge < -0.3 is 4.90 Å². The molecule has 3 heteroatoms. The highest BCUT2D eigenvalue weighted by molar-refractivity contribution is 5.94. The Morgan fingerprint density at radius 1 is 0.912 bits per heavy atom. The summed E-state index contributed by atoms with van der Waals surface area (Å²) < 4.78 is 0. The van der Waals surface area contributed by atoms with E-state index in [-0.39, 0.29) is 5.91 Å². The fourth-order valence-corrected chi connectivity index (χ4v) is 5.26. The molecule has 1 amide bonds. The molecule has 0 spiro atoms. The van der Waals surface area contributed by atoms with Crippen LogP contribution < -0.4 is 0 Å².